The molecule has 1 aliphatic carbocycles. The Hall–Kier alpha value is -1.98. The van der Waals surface area contributed by atoms with Crippen molar-refractivity contribution < 1.29 is 24.4 Å². The summed E-state index contributed by atoms with van der Waals surface area (Å²) < 4.78 is 16.4. The Morgan fingerprint density at radius 2 is 1.83 bits per heavy atom. The molecule has 0 aromatic heterocycles. The van der Waals surface area contributed by atoms with Gasteiger partial charge in [-0.15, -0.1) is 0 Å². The zero-order chi connectivity index (χ0) is 16.8. The summed E-state index contributed by atoms with van der Waals surface area (Å²) >= 11 is 0. The first-order valence-corrected chi connectivity index (χ1v) is 7.56. The first-order valence-electron chi connectivity index (χ1n) is 7.56. The molecule has 2 aromatic rings. The first kappa shape index (κ1) is 15.9. The fourth-order valence-corrected chi connectivity index (χ4v) is 3.52. The SMILES string of the molecule is COc1cc(OC)c2c(OC)c3c(cc2c1)C[C@](C)(O)C[C@H]3O. The van der Waals surface area contributed by atoms with Gasteiger partial charge in [0.05, 0.1) is 38.4 Å². The summed E-state index contributed by atoms with van der Waals surface area (Å²) in [5.41, 5.74) is 0.678. The zero-order valence-electron chi connectivity index (χ0n) is 13.8. The van der Waals surface area contributed by atoms with Crippen LogP contribution in [0.3, 0.4) is 0 Å². The Kier molecular flexibility index (Phi) is 3.86. The summed E-state index contributed by atoms with van der Waals surface area (Å²) in [5.74, 6) is 1.91. The van der Waals surface area contributed by atoms with Crippen LogP contribution in [0.4, 0.5) is 0 Å². The Bertz CT molecular complexity index is 751. The fraction of sp³-hybridized carbons (Fsp3) is 0.444. The van der Waals surface area contributed by atoms with Crippen LogP contribution >= 0.6 is 0 Å². The quantitative estimate of drug-likeness (QED) is 0.910. The molecule has 0 amide bonds. The third-order valence-corrected chi connectivity index (χ3v) is 4.45. The summed E-state index contributed by atoms with van der Waals surface area (Å²) in [6.45, 7) is 1.74. The van der Waals surface area contributed by atoms with Gasteiger partial charge in [-0.3, -0.25) is 0 Å². The van der Waals surface area contributed by atoms with E-state index in [1.54, 1.807) is 34.3 Å². The van der Waals surface area contributed by atoms with Crippen molar-refractivity contribution in [3.63, 3.8) is 0 Å². The largest absolute Gasteiger partial charge is 0.497 e. The molecule has 2 aromatic carbocycles. The van der Waals surface area contributed by atoms with E-state index < -0.39 is 11.7 Å². The van der Waals surface area contributed by atoms with E-state index in [0.29, 0.717) is 23.7 Å². The van der Waals surface area contributed by atoms with Gasteiger partial charge in [0.2, 0.25) is 0 Å². The van der Waals surface area contributed by atoms with Crippen molar-refractivity contribution in [1.82, 2.24) is 0 Å². The number of methoxy groups -OCH3 is 3. The average molecular weight is 318 g/mol. The number of benzene rings is 2. The van der Waals surface area contributed by atoms with Gasteiger partial charge in [-0.2, -0.15) is 0 Å². The number of hydrogen-bond acceptors (Lipinski definition) is 5. The molecule has 1 aliphatic rings. The molecule has 23 heavy (non-hydrogen) atoms. The lowest BCUT2D eigenvalue weighted by Gasteiger charge is -2.34. The number of hydrogen-bond donors (Lipinski definition) is 2. The van der Waals surface area contributed by atoms with Crippen LogP contribution in [0.1, 0.15) is 30.6 Å². The molecule has 3 rings (SSSR count). The van der Waals surface area contributed by atoms with Crippen molar-refractivity contribution in [1.29, 1.82) is 0 Å². The molecule has 0 saturated carbocycles. The van der Waals surface area contributed by atoms with Crippen LogP contribution in [0.2, 0.25) is 0 Å². The maximum absolute atomic E-state index is 10.5. The van der Waals surface area contributed by atoms with Gasteiger partial charge in [0, 0.05) is 24.5 Å². The number of fused-ring (bicyclic) bond motifs is 2. The Labute approximate surface area is 135 Å². The first-order chi connectivity index (χ1) is 10.9. The highest BCUT2D eigenvalue weighted by Gasteiger charge is 2.36. The molecule has 0 spiro atoms. The smallest absolute Gasteiger partial charge is 0.136 e. The second kappa shape index (κ2) is 5.58. The molecule has 5 heteroatoms. The summed E-state index contributed by atoms with van der Waals surface area (Å²) in [7, 11) is 4.78. The van der Waals surface area contributed by atoms with E-state index in [1.807, 2.05) is 12.1 Å². The van der Waals surface area contributed by atoms with Gasteiger partial charge >= 0.3 is 0 Å². The topological polar surface area (TPSA) is 68.2 Å². The Balaban J connectivity index is 2.36. The summed E-state index contributed by atoms with van der Waals surface area (Å²) in [6, 6.07) is 5.66. The molecular formula is C18H22O5. The highest BCUT2D eigenvalue weighted by molar-refractivity contribution is 5.97. The lowest BCUT2D eigenvalue weighted by molar-refractivity contribution is -0.00814. The van der Waals surface area contributed by atoms with Crippen molar-refractivity contribution in [3.05, 3.63) is 29.3 Å². The molecule has 0 fully saturated rings. The Morgan fingerprint density at radius 3 is 2.43 bits per heavy atom. The van der Waals surface area contributed by atoms with Gasteiger partial charge in [0.25, 0.3) is 0 Å². The molecule has 5 nitrogen and oxygen atoms in total. The van der Waals surface area contributed by atoms with E-state index in [1.165, 1.54) is 0 Å². The average Bonchev–Trinajstić information content (AvgIpc) is 2.50. The molecule has 0 radical (unpaired) electrons. The minimum absolute atomic E-state index is 0.278. The van der Waals surface area contributed by atoms with Crippen LogP contribution in [0.25, 0.3) is 10.8 Å². The van der Waals surface area contributed by atoms with Gasteiger partial charge in [-0.05, 0) is 23.9 Å². The summed E-state index contributed by atoms with van der Waals surface area (Å²) in [6.07, 6.45) is -0.0362. The molecule has 124 valence electrons. The van der Waals surface area contributed by atoms with E-state index in [-0.39, 0.29) is 6.42 Å². The van der Waals surface area contributed by atoms with Crippen LogP contribution in [0.15, 0.2) is 18.2 Å². The van der Waals surface area contributed by atoms with Crippen LogP contribution < -0.4 is 14.2 Å². The van der Waals surface area contributed by atoms with E-state index in [0.717, 1.165) is 21.9 Å². The molecule has 0 bridgehead atoms. The van der Waals surface area contributed by atoms with Crippen molar-refractivity contribution >= 4 is 10.8 Å². The van der Waals surface area contributed by atoms with Crippen molar-refractivity contribution in [2.45, 2.75) is 31.5 Å². The predicted octanol–water partition coefficient (Wildman–Crippen LogP) is 2.60. The normalized spacial score (nSPS) is 23.5. The van der Waals surface area contributed by atoms with E-state index in [2.05, 4.69) is 0 Å². The van der Waals surface area contributed by atoms with Gasteiger partial charge in [0.1, 0.15) is 17.2 Å². The number of aliphatic hydroxyl groups excluding tert-OH is 1. The number of ether oxygens (including phenoxy) is 3. The van der Waals surface area contributed by atoms with E-state index >= 15 is 0 Å². The second-order valence-corrected chi connectivity index (χ2v) is 6.30. The van der Waals surface area contributed by atoms with Crippen LogP contribution in [0.5, 0.6) is 17.2 Å². The molecule has 0 aliphatic heterocycles. The molecule has 0 unspecified atom stereocenters. The highest BCUT2D eigenvalue weighted by Crippen LogP contribution is 2.47. The maximum atomic E-state index is 10.5. The van der Waals surface area contributed by atoms with Gasteiger partial charge in [-0.1, -0.05) is 6.07 Å². The maximum Gasteiger partial charge on any atom is 0.136 e. The third-order valence-electron chi connectivity index (χ3n) is 4.45. The number of aliphatic hydroxyl groups is 2. The lowest BCUT2D eigenvalue weighted by Crippen LogP contribution is -2.34. The molecule has 2 N–H and O–H groups in total. The molecule has 0 heterocycles. The highest BCUT2D eigenvalue weighted by atomic mass is 16.5. The van der Waals surface area contributed by atoms with E-state index in [4.69, 9.17) is 14.2 Å². The van der Waals surface area contributed by atoms with Crippen LogP contribution in [-0.4, -0.2) is 37.1 Å². The molecular weight excluding hydrogens is 296 g/mol. The van der Waals surface area contributed by atoms with E-state index in [9.17, 15) is 10.2 Å². The van der Waals surface area contributed by atoms with Crippen LogP contribution in [0, 0.1) is 0 Å². The number of rotatable bonds is 3. The van der Waals surface area contributed by atoms with Gasteiger partial charge in [0.15, 0.2) is 0 Å². The second-order valence-electron chi connectivity index (χ2n) is 6.30. The zero-order valence-corrected chi connectivity index (χ0v) is 13.8. The van der Waals surface area contributed by atoms with Crippen LogP contribution in [-0.2, 0) is 6.42 Å². The summed E-state index contributed by atoms with van der Waals surface area (Å²) in [4.78, 5) is 0. The minimum Gasteiger partial charge on any atom is -0.497 e. The van der Waals surface area contributed by atoms with Crippen molar-refractivity contribution in [2.24, 2.45) is 0 Å². The molecule has 2 atom stereocenters. The van der Waals surface area contributed by atoms with Crippen molar-refractivity contribution in [2.75, 3.05) is 21.3 Å². The minimum atomic E-state index is -0.936. The lowest BCUT2D eigenvalue weighted by atomic mass is 9.78. The third kappa shape index (κ3) is 2.60. The fourth-order valence-electron chi connectivity index (χ4n) is 3.52. The Morgan fingerprint density at radius 1 is 1.09 bits per heavy atom. The summed E-state index contributed by atoms with van der Waals surface area (Å²) in [5, 5.41) is 22.6. The monoisotopic (exact) mass is 318 g/mol. The van der Waals surface area contributed by atoms with Gasteiger partial charge in [-0.25, -0.2) is 0 Å². The standard InChI is InChI=1S/C18H22O5/c1-18(20)8-11-5-10-6-12(21-2)7-14(22-3)16(10)17(23-4)15(11)13(19)9-18/h5-7,13,19-20H,8-9H2,1-4H3/t13-,18+/m1/s1. The molecule has 0 saturated heterocycles. The van der Waals surface area contributed by atoms with Gasteiger partial charge < -0.3 is 24.4 Å². The van der Waals surface area contributed by atoms with Crippen molar-refractivity contribution in [3.8, 4) is 17.2 Å². The predicted molar refractivity (Wildman–Crippen MR) is 87.5 cm³/mol.